The summed E-state index contributed by atoms with van der Waals surface area (Å²) in [5.74, 6) is 1.08. The van der Waals surface area contributed by atoms with E-state index in [0.29, 0.717) is 12.1 Å². The molecule has 0 saturated carbocycles. The van der Waals surface area contributed by atoms with Crippen LogP contribution in [0.25, 0.3) is 0 Å². The van der Waals surface area contributed by atoms with Gasteiger partial charge in [-0.1, -0.05) is 6.07 Å². The first-order valence-electron chi connectivity index (χ1n) is 8.31. The molecule has 21 heavy (non-hydrogen) atoms. The third-order valence-electron chi connectivity index (χ3n) is 4.84. The van der Waals surface area contributed by atoms with Crippen LogP contribution in [0, 0.1) is 0 Å². The Bertz CT molecular complexity index is 469. The van der Waals surface area contributed by atoms with Gasteiger partial charge < -0.3 is 10.0 Å². The molecule has 0 aromatic carbocycles. The molecule has 2 aliphatic rings. The average Bonchev–Trinajstić information content (AvgIpc) is 2.98. The minimum Gasteiger partial charge on any atom is -0.393 e. The van der Waals surface area contributed by atoms with E-state index in [1.807, 2.05) is 0 Å². The highest BCUT2D eigenvalue weighted by Crippen LogP contribution is 2.33. The molecule has 1 N–H and O–H groups in total. The van der Waals surface area contributed by atoms with Crippen molar-refractivity contribution < 1.29 is 5.11 Å². The Morgan fingerprint density at radius 2 is 1.90 bits per heavy atom. The summed E-state index contributed by atoms with van der Waals surface area (Å²) in [7, 11) is 0. The molecule has 0 bridgehead atoms. The van der Waals surface area contributed by atoms with Crippen LogP contribution in [0.3, 0.4) is 0 Å². The van der Waals surface area contributed by atoms with Crippen molar-refractivity contribution in [3.63, 3.8) is 0 Å². The van der Waals surface area contributed by atoms with Gasteiger partial charge in [0.15, 0.2) is 0 Å². The van der Waals surface area contributed by atoms with E-state index < -0.39 is 0 Å². The summed E-state index contributed by atoms with van der Waals surface area (Å²) in [4.78, 5) is 9.81. The van der Waals surface area contributed by atoms with Gasteiger partial charge >= 0.3 is 0 Å². The van der Waals surface area contributed by atoms with Gasteiger partial charge in [-0.05, 0) is 58.2 Å². The molecule has 1 aromatic rings. The van der Waals surface area contributed by atoms with E-state index in [1.165, 1.54) is 25.1 Å². The van der Waals surface area contributed by atoms with Crippen molar-refractivity contribution in [2.45, 2.75) is 57.7 Å². The van der Waals surface area contributed by atoms with Crippen molar-refractivity contribution in [3.05, 3.63) is 23.9 Å². The summed E-state index contributed by atoms with van der Waals surface area (Å²) >= 11 is 0. The van der Waals surface area contributed by atoms with Gasteiger partial charge in [-0.2, -0.15) is 0 Å². The summed E-state index contributed by atoms with van der Waals surface area (Å²) in [5.41, 5.74) is 1.21. The Balaban J connectivity index is 1.77. The second-order valence-corrected chi connectivity index (χ2v) is 6.63. The first kappa shape index (κ1) is 14.8. The van der Waals surface area contributed by atoms with Gasteiger partial charge in [-0.15, -0.1) is 0 Å². The molecule has 0 radical (unpaired) electrons. The molecule has 116 valence electrons. The molecule has 4 nitrogen and oxygen atoms in total. The highest BCUT2D eigenvalue weighted by molar-refractivity contribution is 5.40. The van der Waals surface area contributed by atoms with Gasteiger partial charge in [-0.25, -0.2) is 4.98 Å². The fourth-order valence-corrected chi connectivity index (χ4v) is 3.62. The fraction of sp³-hybridized carbons (Fsp3) is 0.706. The van der Waals surface area contributed by atoms with E-state index in [1.54, 1.807) is 0 Å². The molecule has 0 spiro atoms. The smallest absolute Gasteiger partial charge is 0.128 e. The molecule has 4 heteroatoms. The number of hydrogen-bond donors (Lipinski definition) is 1. The number of piperidine rings is 1. The van der Waals surface area contributed by atoms with E-state index in [-0.39, 0.29) is 6.10 Å². The Hall–Kier alpha value is -1.13. The van der Waals surface area contributed by atoms with Crippen LogP contribution in [0.1, 0.15) is 51.3 Å². The first-order valence-corrected chi connectivity index (χ1v) is 8.31. The number of hydrogen-bond acceptors (Lipinski definition) is 4. The number of nitrogens with zero attached hydrogens (tertiary/aromatic N) is 3. The van der Waals surface area contributed by atoms with Gasteiger partial charge in [0.2, 0.25) is 0 Å². The molecule has 0 aliphatic carbocycles. The summed E-state index contributed by atoms with van der Waals surface area (Å²) in [6, 6.07) is 7.47. The molecule has 2 fully saturated rings. The molecule has 2 aliphatic heterocycles. The standard InChI is InChI=1S/C17H27N3O/c1-13(2)20-10-4-6-16(20)15-5-3-7-17(18-15)19-11-8-14(21)9-12-19/h3,5,7,13-14,16,21H,4,6,8-12H2,1-2H3. The third kappa shape index (κ3) is 3.22. The van der Waals surface area contributed by atoms with Crippen LogP contribution in [0.15, 0.2) is 18.2 Å². The number of likely N-dealkylation sites (tertiary alicyclic amines) is 1. The van der Waals surface area contributed by atoms with Gasteiger partial charge in [-0.3, -0.25) is 4.90 Å². The van der Waals surface area contributed by atoms with Crippen molar-refractivity contribution in [2.75, 3.05) is 24.5 Å². The Morgan fingerprint density at radius 3 is 2.62 bits per heavy atom. The number of pyridine rings is 1. The lowest BCUT2D eigenvalue weighted by Gasteiger charge is -2.32. The van der Waals surface area contributed by atoms with E-state index >= 15 is 0 Å². The topological polar surface area (TPSA) is 39.6 Å². The van der Waals surface area contributed by atoms with Crippen molar-refractivity contribution in [1.29, 1.82) is 0 Å². The second kappa shape index (κ2) is 6.32. The second-order valence-electron chi connectivity index (χ2n) is 6.63. The zero-order valence-electron chi connectivity index (χ0n) is 13.2. The van der Waals surface area contributed by atoms with E-state index in [9.17, 15) is 5.11 Å². The first-order chi connectivity index (χ1) is 10.1. The zero-order chi connectivity index (χ0) is 14.8. The number of rotatable bonds is 3. The number of aliphatic hydroxyl groups is 1. The quantitative estimate of drug-likeness (QED) is 0.928. The van der Waals surface area contributed by atoms with E-state index in [4.69, 9.17) is 4.98 Å². The van der Waals surface area contributed by atoms with Crippen LogP contribution in [0.2, 0.25) is 0 Å². The predicted molar refractivity (Wildman–Crippen MR) is 85.5 cm³/mol. The van der Waals surface area contributed by atoms with Gasteiger partial charge in [0, 0.05) is 19.1 Å². The van der Waals surface area contributed by atoms with Crippen LogP contribution >= 0.6 is 0 Å². The van der Waals surface area contributed by atoms with Gasteiger partial charge in [0.05, 0.1) is 17.8 Å². The lowest BCUT2D eigenvalue weighted by atomic mass is 10.1. The van der Waals surface area contributed by atoms with Gasteiger partial charge in [0.25, 0.3) is 0 Å². The number of anilines is 1. The molecule has 3 rings (SSSR count). The molecule has 1 atom stereocenters. The maximum Gasteiger partial charge on any atom is 0.128 e. The zero-order valence-corrected chi connectivity index (χ0v) is 13.2. The molecule has 1 unspecified atom stereocenters. The summed E-state index contributed by atoms with van der Waals surface area (Å²) < 4.78 is 0. The molecule has 3 heterocycles. The van der Waals surface area contributed by atoms with Gasteiger partial charge in [0.1, 0.15) is 5.82 Å². The van der Waals surface area contributed by atoms with E-state index in [0.717, 1.165) is 31.7 Å². The highest BCUT2D eigenvalue weighted by atomic mass is 16.3. The normalized spacial score (nSPS) is 25.0. The van der Waals surface area contributed by atoms with Crippen molar-refractivity contribution in [1.82, 2.24) is 9.88 Å². The maximum atomic E-state index is 9.64. The minimum atomic E-state index is -0.129. The van der Waals surface area contributed by atoms with Crippen LogP contribution < -0.4 is 4.90 Å². The summed E-state index contributed by atoms with van der Waals surface area (Å²) in [6.07, 6.45) is 4.06. The molecular weight excluding hydrogens is 262 g/mol. The SMILES string of the molecule is CC(C)N1CCCC1c1cccc(N2CCC(O)CC2)n1. The van der Waals surface area contributed by atoms with E-state index in [2.05, 4.69) is 41.8 Å². The Kier molecular flexibility index (Phi) is 4.45. The lowest BCUT2D eigenvalue weighted by molar-refractivity contribution is 0.145. The number of aliphatic hydroxyl groups excluding tert-OH is 1. The maximum absolute atomic E-state index is 9.64. The molecule has 2 saturated heterocycles. The fourth-order valence-electron chi connectivity index (χ4n) is 3.62. The minimum absolute atomic E-state index is 0.129. The summed E-state index contributed by atoms with van der Waals surface area (Å²) in [5, 5.41) is 9.64. The van der Waals surface area contributed by atoms with Crippen molar-refractivity contribution in [3.8, 4) is 0 Å². The molecule has 0 amide bonds. The Labute approximate surface area is 127 Å². The van der Waals surface area contributed by atoms with Crippen LogP contribution in [0.5, 0.6) is 0 Å². The molecular formula is C17H27N3O. The third-order valence-corrected chi connectivity index (χ3v) is 4.84. The van der Waals surface area contributed by atoms with Crippen molar-refractivity contribution in [2.24, 2.45) is 0 Å². The Morgan fingerprint density at radius 1 is 1.14 bits per heavy atom. The largest absolute Gasteiger partial charge is 0.393 e. The molecule has 1 aromatic heterocycles. The van der Waals surface area contributed by atoms with Crippen LogP contribution in [-0.2, 0) is 0 Å². The monoisotopic (exact) mass is 289 g/mol. The lowest BCUT2D eigenvalue weighted by Crippen LogP contribution is -2.36. The average molecular weight is 289 g/mol. The highest BCUT2D eigenvalue weighted by Gasteiger charge is 2.29. The number of aromatic nitrogens is 1. The van der Waals surface area contributed by atoms with Crippen LogP contribution in [0.4, 0.5) is 5.82 Å². The van der Waals surface area contributed by atoms with Crippen LogP contribution in [-0.4, -0.2) is 46.8 Å². The predicted octanol–water partition coefficient (Wildman–Crippen LogP) is 2.59. The van der Waals surface area contributed by atoms with Crippen molar-refractivity contribution >= 4 is 5.82 Å². The summed E-state index contributed by atoms with van der Waals surface area (Å²) in [6.45, 7) is 7.55.